The molecule has 3 N–H and O–H groups in total. The molecular weight excluding hydrogens is 481 g/mol. The molecule has 0 unspecified atom stereocenters. The van der Waals surface area contributed by atoms with Crippen LogP contribution >= 0.6 is 11.3 Å². The van der Waals surface area contributed by atoms with Gasteiger partial charge in [-0.25, -0.2) is 14.2 Å². The third kappa shape index (κ3) is 3.49. The van der Waals surface area contributed by atoms with Gasteiger partial charge in [-0.05, 0) is 48.9 Å². The van der Waals surface area contributed by atoms with Gasteiger partial charge in [0.25, 0.3) is 5.91 Å². The first-order valence-electron chi connectivity index (χ1n) is 11.5. The summed E-state index contributed by atoms with van der Waals surface area (Å²) in [5.74, 6) is 0.648. The number of hydrogen-bond acceptors (Lipinski definition) is 6. The highest BCUT2D eigenvalue weighted by atomic mass is 32.1. The van der Waals surface area contributed by atoms with E-state index in [2.05, 4.69) is 10.3 Å². The largest absolute Gasteiger partial charge is 0.457 e. The smallest absolute Gasteiger partial charge is 0.334 e. The fourth-order valence-electron chi connectivity index (χ4n) is 4.87. The maximum absolute atomic E-state index is 15.0. The van der Waals surface area contributed by atoms with E-state index in [1.54, 1.807) is 23.2 Å². The summed E-state index contributed by atoms with van der Waals surface area (Å²) < 4.78 is 20.9. The Hall–Kier alpha value is -4.02. The van der Waals surface area contributed by atoms with E-state index in [-0.39, 0.29) is 18.0 Å². The van der Waals surface area contributed by atoms with Crippen LogP contribution in [-0.4, -0.2) is 42.2 Å². The van der Waals surface area contributed by atoms with Crippen LogP contribution in [0.5, 0.6) is 11.5 Å². The van der Waals surface area contributed by atoms with Gasteiger partial charge >= 0.3 is 6.03 Å². The van der Waals surface area contributed by atoms with Gasteiger partial charge < -0.3 is 15.8 Å². The monoisotopic (exact) mass is 503 g/mol. The summed E-state index contributed by atoms with van der Waals surface area (Å²) in [6.45, 7) is 2.27. The number of nitrogens with one attached hydrogen (secondary N) is 1. The molecule has 2 aliphatic rings. The Labute approximate surface area is 210 Å². The minimum absolute atomic E-state index is 0.123. The number of thiophene rings is 1. The number of carbonyl (C=O) groups is 2. The van der Waals surface area contributed by atoms with Crippen molar-refractivity contribution >= 4 is 50.6 Å². The number of hydrogen-bond donors (Lipinski definition) is 2. The molecule has 8 nitrogen and oxygen atoms in total. The first-order chi connectivity index (χ1) is 17.4. The van der Waals surface area contributed by atoms with Gasteiger partial charge in [0.2, 0.25) is 0 Å². The van der Waals surface area contributed by atoms with Crippen molar-refractivity contribution in [2.75, 3.05) is 22.9 Å². The summed E-state index contributed by atoms with van der Waals surface area (Å²) in [4.78, 5) is 34.6. The lowest BCUT2D eigenvalue weighted by atomic mass is 10.0. The summed E-state index contributed by atoms with van der Waals surface area (Å²) >= 11 is 1.11. The third-order valence-corrected chi connectivity index (χ3v) is 7.58. The maximum Gasteiger partial charge on any atom is 0.334 e. The number of nitrogens with zero attached hydrogens (tertiary/aromatic N) is 3. The van der Waals surface area contributed by atoms with Crippen LogP contribution in [0, 0.1) is 6.92 Å². The lowest BCUT2D eigenvalue weighted by Crippen LogP contribution is -2.53. The zero-order chi connectivity index (χ0) is 25.0. The Morgan fingerprint density at radius 3 is 2.64 bits per heavy atom. The molecule has 1 fully saturated rings. The van der Waals surface area contributed by atoms with Crippen LogP contribution in [0.3, 0.4) is 0 Å². The van der Waals surface area contributed by atoms with Crippen molar-refractivity contribution in [3.8, 4) is 11.5 Å². The molecule has 1 saturated heterocycles. The van der Waals surface area contributed by atoms with E-state index in [0.717, 1.165) is 16.9 Å². The first-order valence-corrected chi connectivity index (χ1v) is 12.3. The quantitative estimate of drug-likeness (QED) is 0.404. The standard InChI is InChI=1S/C26H22FN5O3S/c1-14-11-16(35-15-5-3-2-4-6-15)7-8-18(14)31-19-9-10-30-25-21(19)22(23(36-25)24(28)33)32(26(31)34)20-13-29-12-17(20)27/h2-11,17,20,29H,12-13H2,1H3,(H2,28,33)/t17-,20-/m0/s1. The van der Waals surface area contributed by atoms with Gasteiger partial charge in [-0.2, -0.15) is 0 Å². The van der Waals surface area contributed by atoms with Crippen LogP contribution in [0.15, 0.2) is 60.8 Å². The molecule has 2 aliphatic heterocycles. The van der Waals surface area contributed by atoms with E-state index in [0.29, 0.717) is 38.8 Å². The SMILES string of the molecule is Cc1cc(Oc2ccccc2)ccc1N1C(=O)N([C@H]2CNC[C@@H]2F)c2c(C(N)=O)sc3nccc1c23. The Kier molecular flexibility index (Phi) is 5.35. The number of nitrogens with two attached hydrogens (primary N) is 1. The van der Waals surface area contributed by atoms with Crippen LogP contribution in [0.25, 0.3) is 10.2 Å². The molecule has 0 saturated carbocycles. The number of rotatable bonds is 5. The molecule has 0 spiro atoms. The maximum atomic E-state index is 15.0. The van der Waals surface area contributed by atoms with Crippen molar-refractivity contribution in [2.24, 2.45) is 5.73 Å². The molecular formula is C26H22FN5O3S. The number of halogens is 1. The number of aryl methyl sites for hydroxylation is 1. The molecule has 10 heteroatoms. The van der Waals surface area contributed by atoms with Crippen LogP contribution in [-0.2, 0) is 0 Å². The summed E-state index contributed by atoms with van der Waals surface area (Å²) in [5, 5.41) is 3.61. The Balaban J connectivity index is 1.51. The number of amides is 3. The van der Waals surface area contributed by atoms with Crippen LogP contribution in [0.4, 0.5) is 26.2 Å². The number of urea groups is 1. The van der Waals surface area contributed by atoms with E-state index in [1.165, 1.54) is 4.90 Å². The molecule has 0 radical (unpaired) electrons. The molecule has 2 aromatic carbocycles. The van der Waals surface area contributed by atoms with Crippen molar-refractivity contribution < 1.29 is 18.7 Å². The van der Waals surface area contributed by atoms with Gasteiger partial charge in [0.05, 0.1) is 28.5 Å². The minimum atomic E-state index is -1.30. The lowest BCUT2D eigenvalue weighted by molar-refractivity contribution is 0.100. The second-order valence-electron chi connectivity index (χ2n) is 8.75. The minimum Gasteiger partial charge on any atom is -0.457 e. The zero-order valence-corrected chi connectivity index (χ0v) is 20.1. The Morgan fingerprint density at radius 1 is 1.14 bits per heavy atom. The van der Waals surface area contributed by atoms with Crippen molar-refractivity contribution in [3.05, 3.63) is 71.2 Å². The van der Waals surface area contributed by atoms with Crippen molar-refractivity contribution in [1.82, 2.24) is 10.3 Å². The van der Waals surface area contributed by atoms with Crippen LogP contribution in [0.2, 0.25) is 0 Å². The average molecular weight is 504 g/mol. The number of primary amides is 1. The molecule has 0 bridgehead atoms. The number of aromatic nitrogens is 1. The second kappa shape index (κ2) is 8.58. The van der Waals surface area contributed by atoms with Gasteiger partial charge in [-0.3, -0.25) is 14.6 Å². The highest BCUT2D eigenvalue weighted by Crippen LogP contribution is 2.50. The molecule has 4 heterocycles. The highest BCUT2D eigenvalue weighted by Gasteiger charge is 2.45. The fraction of sp³-hybridized carbons (Fsp3) is 0.192. The number of anilines is 3. The predicted octanol–water partition coefficient (Wildman–Crippen LogP) is 4.88. The summed E-state index contributed by atoms with van der Waals surface area (Å²) in [5.41, 5.74) is 8.01. The highest BCUT2D eigenvalue weighted by molar-refractivity contribution is 7.21. The molecule has 0 aliphatic carbocycles. The fourth-order valence-corrected chi connectivity index (χ4v) is 5.88. The summed E-state index contributed by atoms with van der Waals surface area (Å²) in [6.07, 6.45) is 0.295. The second-order valence-corrected chi connectivity index (χ2v) is 9.75. The van der Waals surface area contributed by atoms with Crippen molar-refractivity contribution in [3.63, 3.8) is 0 Å². The topological polar surface area (TPSA) is 101 Å². The molecule has 3 amide bonds. The summed E-state index contributed by atoms with van der Waals surface area (Å²) in [6, 6.07) is 15.4. The van der Waals surface area contributed by atoms with Gasteiger partial charge in [-0.15, -0.1) is 11.3 Å². The van der Waals surface area contributed by atoms with Gasteiger partial charge in [0, 0.05) is 19.3 Å². The van der Waals surface area contributed by atoms with E-state index < -0.39 is 24.2 Å². The van der Waals surface area contributed by atoms with Crippen LogP contribution in [0.1, 0.15) is 15.2 Å². The number of para-hydroxylation sites is 1. The molecule has 2 atom stereocenters. The number of carbonyl (C=O) groups excluding carboxylic acids is 2. The Bertz CT molecular complexity index is 1510. The van der Waals surface area contributed by atoms with E-state index >= 15 is 0 Å². The van der Waals surface area contributed by atoms with E-state index in [4.69, 9.17) is 10.5 Å². The normalized spacial score (nSPS) is 19.2. The number of ether oxygens (including phenoxy) is 1. The number of pyridine rings is 1. The van der Waals surface area contributed by atoms with E-state index in [1.807, 2.05) is 49.4 Å². The first kappa shape index (κ1) is 22.4. The molecule has 2 aromatic heterocycles. The lowest BCUT2D eigenvalue weighted by Gasteiger charge is -2.39. The van der Waals surface area contributed by atoms with Crippen LogP contribution < -0.4 is 25.6 Å². The molecule has 6 rings (SSSR count). The van der Waals surface area contributed by atoms with Crippen molar-refractivity contribution in [2.45, 2.75) is 19.1 Å². The van der Waals surface area contributed by atoms with Gasteiger partial charge in [0.1, 0.15) is 27.4 Å². The third-order valence-electron chi connectivity index (χ3n) is 6.48. The number of alkyl halides is 1. The van der Waals surface area contributed by atoms with Gasteiger partial charge in [0.15, 0.2) is 0 Å². The summed E-state index contributed by atoms with van der Waals surface area (Å²) in [7, 11) is 0. The predicted molar refractivity (Wildman–Crippen MR) is 137 cm³/mol. The Morgan fingerprint density at radius 2 is 1.94 bits per heavy atom. The molecule has 4 aromatic rings. The number of benzene rings is 2. The average Bonchev–Trinajstić information content (AvgIpc) is 3.46. The molecule has 182 valence electrons. The van der Waals surface area contributed by atoms with E-state index in [9.17, 15) is 14.0 Å². The molecule has 36 heavy (non-hydrogen) atoms. The van der Waals surface area contributed by atoms with Gasteiger partial charge in [-0.1, -0.05) is 18.2 Å². The zero-order valence-electron chi connectivity index (χ0n) is 19.3. The van der Waals surface area contributed by atoms with Crippen molar-refractivity contribution in [1.29, 1.82) is 0 Å².